The molecule has 1 aliphatic heterocycles. The van der Waals surface area contributed by atoms with Gasteiger partial charge in [0, 0.05) is 32.9 Å². The van der Waals surface area contributed by atoms with Crippen molar-refractivity contribution in [1.82, 2.24) is 20.5 Å². The third-order valence-electron chi connectivity index (χ3n) is 4.32. The SMILES string of the molecule is CN=C(NCCc1ccc(Cl)nc1)NCCN1CCC(C)CC1. The number of guanidine groups is 1. The minimum atomic E-state index is 0.534. The number of halogens is 1. The summed E-state index contributed by atoms with van der Waals surface area (Å²) in [5.41, 5.74) is 1.17. The van der Waals surface area contributed by atoms with E-state index in [1.54, 1.807) is 0 Å². The van der Waals surface area contributed by atoms with Gasteiger partial charge in [-0.3, -0.25) is 4.99 Å². The van der Waals surface area contributed by atoms with Gasteiger partial charge in [-0.15, -0.1) is 0 Å². The number of piperidine rings is 1. The second-order valence-electron chi connectivity index (χ2n) is 6.19. The Morgan fingerprint density at radius 2 is 2.04 bits per heavy atom. The first-order valence-corrected chi connectivity index (χ1v) is 8.82. The molecule has 0 spiro atoms. The lowest BCUT2D eigenvalue weighted by Gasteiger charge is -2.30. The van der Waals surface area contributed by atoms with Crippen molar-refractivity contribution in [1.29, 1.82) is 0 Å². The zero-order valence-electron chi connectivity index (χ0n) is 14.2. The maximum Gasteiger partial charge on any atom is 0.191 e. The van der Waals surface area contributed by atoms with E-state index >= 15 is 0 Å². The third-order valence-corrected chi connectivity index (χ3v) is 4.54. The molecular weight excluding hydrogens is 310 g/mol. The summed E-state index contributed by atoms with van der Waals surface area (Å²) in [7, 11) is 1.81. The van der Waals surface area contributed by atoms with Crippen LogP contribution in [0.2, 0.25) is 5.15 Å². The van der Waals surface area contributed by atoms with Crippen molar-refractivity contribution in [3.8, 4) is 0 Å². The quantitative estimate of drug-likeness (QED) is 0.474. The first kappa shape index (κ1) is 18.0. The number of hydrogen-bond acceptors (Lipinski definition) is 3. The van der Waals surface area contributed by atoms with Crippen molar-refractivity contribution in [2.45, 2.75) is 26.2 Å². The van der Waals surface area contributed by atoms with E-state index in [9.17, 15) is 0 Å². The molecule has 6 heteroatoms. The van der Waals surface area contributed by atoms with Crippen molar-refractivity contribution in [2.75, 3.05) is 39.8 Å². The highest BCUT2D eigenvalue weighted by atomic mass is 35.5. The Labute approximate surface area is 144 Å². The van der Waals surface area contributed by atoms with E-state index in [4.69, 9.17) is 11.6 Å². The summed E-state index contributed by atoms with van der Waals surface area (Å²) in [5, 5.41) is 7.25. The van der Waals surface area contributed by atoms with Crippen molar-refractivity contribution >= 4 is 17.6 Å². The molecule has 0 saturated carbocycles. The number of nitrogens with zero attached hydrogens (tertiary/aromatic N) is 3. The van der Waals surface area contributed by atoms with E-state index in [1.807, 2.05) is 25.4 Å². The summed E-state index contributed by atoms with van der Waals surface area (Å²) in [6.07, 6.45) is 5.36. The molecule has 2 rings (SSSR count). The van der Waals surface area contributed by atoms with Gasteiger partial charge in [-0.05, 0) is 49.9 Å². The molecule has 0 bridgehead atoms. The Morgan fingerprint density at radius 1 is 1.30 bits per heavy atom. The number of aromatic nitrogens is 1. The fourth-order valence-corrected chi connectivity index (χ4v) is 2.83. The largest absolute Gasteiger partial charge is 0.356 e. The van der Waals surface area contributed by atoms with E-state index in [2.05, 4.69) is 32.4 Å². The van der Waals surface area contributed by atoms with Crippen molar-refractivity contribution in [3.05, 3.63) is 29.0 Å². The summed E-state index contributed by atoms with van der Waals surface area (Å²) >= 11 is 5.79. The van der Waals surface area contributed by atoms with E-state index in [0.29, 0.717) is 5.15 Å². The average molecular weight is 338 g/mol. The molecule has 0 radical (unpaired) electrons. The van der Waals surface area contributed by atoms with Crippen molar-refractivity contribution in [3.63, 3.8) is 0 Å². The van der Waals surface area contributed by atoms with Gasteiger partial charge in [0.25, 0.3) is 0 Å². The summed E-state index contributed by atoms with van der Waals surface area (Å²) in [6.45, 7) is 7.61. The highest BCUT2D eigenvalue weighted by Gasteiger charge is 2.14. The topological polar surface area (TPSA) is 52.6 Å². The van der Waals surface area contributed by atoms with Gasteiger partial charge < -0.3 is 15.5 Å². The van der Waals surface area contributed by atoms with Crippen LogP contribution in [0, 0.1) is 5.92 Å². The van der Waals surface area contributed by atoms with Gasteiger partial charge in [0.15, 0.2) is 5.96 Å². The van der Waals surface area contributed by atoms with Crippen LogP contribution in [-0.2, 0) is 6.42 Å². The molecule has 0 unspecified atom stereocenters. The predicted molar refractivity (Wildman–Crippen MR) is 97.2 cm³/mol. The van der Waals surface area contributed by atoms with Gasteiger partial charge >= 0.3 is 0 Å². The Bertz CT molecular complexity index is 480. The number of aliphatic imine (C=N–C) groups is 1. The fourth-order valence-electron chi connectivity index (χ4n) is 2.72. The Morgan fingerprint density at radius 3 is 2.70 bits per heavy atom. The van der Waals surface area contributed by atoms with Crippen molar-refractivity contribution < 1.29 is 0 Å². The van der Waals surface area contributed by atoms with Crippen LogP contribution in [0.25, 0.3) is 0 Å². The van der Waals surface area contributed by atoms with Gasteiger partial charge in [-0.1, -0.05) is 24.6 Å². The van der Waals surface area contributed by atoms with Gasteiger partial charge in [-0.2, -0.15) is 0 Å². The minimum Gasteiger partial charge on any atom is -0.356 e. The molecule has 23 heavy (non-hydrogen) atoms. The molecule has 1 saturated heterocycles. The zero-order chi connectivity index (χ0) is 16.5. The summed E-state index contributed by atoms with van der Waals surface area (Å²) in [4.78, 5) is 10.9. The van der Waals surface area contributed by atoms with Crippen LogP contribution in [0.15, 0.2) is 23.3 Å². The molecular formula is C17H28ClN5. The highest BCUT2D eigenvalue weighted by molar-refractivity contribution is 6.29. The maximum absolute atomic E-state index is 5.79. The van der Waals surface area contributed by atoms with Crippen molar-refractivity contribution in [2.24, 2.45) is 10.9 Å². The van der Waals surface area contributed by atoms with Crippen LogP contribution in [-0.4, -0.2) is 55.6 Å². The lowest BCUT2D eigenvalue weighted by Crippen LogP contribution is -2.43. The predicted octanol–water partition coefficient (Wildman–Crippen LogP) is 2.17. The molecule has 1 aliphatic rings. The van der Waals surface area contributed by atoms with Crippen LogP contribution in [0.4, 0.5) is 0 Å². The summed E-state index contributed by atoms with van der Waals surface area (Å²) in [5.74, 6) is 1.74. The zero-order valence-corrected chi connectivity index (χ0v) is 14.9. The fraction of sp³-hybridized carbons (Fsp3) is 0.647. The normalized spacial score (nSPS) is 17.3. The van der Waals surface area contributed by atoms with Gasteiger partial charge in [0.1, 0.15) is 5.15 Å². The molecule has 0 aliphatic carbocycles. The van der Waals surface area contributed by atoms with Gasteiger partial charge in [0.05, 0.1) is 0 Å². The highest BCUT2D eigenvalue weighted by Crippen LogP contribution is 2.15. The van der Waals surface area contributed by atoms with Crippen LogP contribution in [0.5, 0.6) is 0 Å². The van der Waals surface area contributed by atoms with E-state index in [-0.39, 0.29) is 0 Å². The smallest absolute Gasteiger partial charge is 0.191 e. The van der Waals surface area contributed by atoms with Crippen LogP contribution < -0.4 is 10.6 Å². The molecule has 128 valence electrons. The minimum absolute atomic E-state index is 0.534. The molecule has 1 aromatic rings. The molecule has 0 atom stereocenters. The lowest BCUT2D eigenvalue weighted by atomic mass is 9.99. The summed E-state index contributed by atoms with van der Waals surface area (Å²) in [6, 6.07) is 3.83. The number of pyridine rings is 1. The number of nitrogens with one attached hydrogen (secondary N) is 2. The molecule has 1 aromatic heterocycles. The molecule has 0 aromatic carbocycles. The third kappa shape index (κ3) is 6.75. The molecule has 0 amide bonds. The monoisotopic (exact) mass is 337 g/mol. The average Bonchev–Trinajstić information content (AvgIpc) is 2.57. The van der Waals surface area contributed by atoms with Crippen LogP contribution in [0.1, 0.15) is 25.3 Å². The second kappa shape index (κ2) is 9.73. The number of likely N-dealkylation sites (tertiary alicyclic amines) is 1. The molecule has 5 nitrogen and oxygen atoms in total. The summed E-state index contributed by atoms with van der Waals surface area (Å²) < 4.78 is 0. The Balaban J connectivity index is 1.60. The number of hydrogen-bond donors (Lipinski definition) is 2. The van der Waals surface area contributed by atoms with E-state index in [0.717, 1.165) is 37.9 Å². The molecule has 1 fully saturated rings. The number of rotatable bonds is 6. The Hall–Kier alpha value is -1.33. The van der Waals surface area contributed by atoms with E-state index < -0.39 is 0 Å². The lowest BCUT2D eigenvalue weighted by molar-refractivity contribution is 0.195. The standard InChI is InChI=1S/C17H28ClN5/c1-14-6-10-23(11-7-14)12-9-21-17(19-2)20-8-5-15-3-4-16(18)22-13-15/h3-4,13-14H,5-12H2,1-2H3,(H2,19,20,21). The second-order valence-corrected chi connectivity index (χ2v) is 6.58. The first-order chi connectivity index (χ1) is 11.2. The maximum atomic E-state index is 5.79. The Kier molecular flexibility index (Phi) is 7.62. The molecule has 2 N–H and O–H groups in total. The van der Waals surface area contributed by atoms with Gasteiger partial charge in [-0.25, -0.2) is 4.98 Å². The van der Waals surface area contributed by atoms with Gasteiger partial charge in [0.2, 0.25) is 0 Å². The van der Waals surface area contributed by atoms with E-state index in [1.165, 1.54) is 31.5 Å². The van der Waals surface area contributed by atoms with Crippen LogP contribution in [0.3, 0.4) is 0 Å². The first-order valence-electron chi connectivity index (χ1n) is 8.44. The molecule has 2 heterocycles. The van der Waals surface area contributed by atoms with Crippen LogP contribution >= 0.6 is 11.6 Å².